The van der Waals surface area contributed by atoms with Gasteiger partial charge < -0.3 is 4.90 Å². The number of hydrogen-bond acceptors (Lipinski definition) is 2. The Hall–Kier alpha value is -6.74. The van der Waals surface area contributed by atoms with Crippen LogP contribution in [0, 0.1) is 11.8 Å². The summed E-state index contributed by atoms with van der Waals surface area (Å²) >= 11 is 1.93. The van der Waals surface area contributed by atoms with E-state index in [9.17, 15) is 0 Å². The quantitative estimate of drug-likeness (QED) is 0.167. The van der Waals surface area contributed by atoms with Gasteiger partial charge in [-0.2, -0.15) is 0 Å². The molecule has 0 aliphatic heterocycles. The normalized spacial score (nSPS) is 19.7. The summed E-state index contributed by atoms with van der Waals surface area (Å²) in [5.74, 6) is 1.52. The van der Waals surface area contributed by atoms with E-state index in [0.29, 0.717) is 5.92 Å². The van der Waals surface area contributed by atoms with Crippen LogP contribution in [-0.4, -0.2) is 0 Å². The molecular formula is C62H47NS. The Balaban J connectivity index is 0.935. The van der Waals surface area contributed by atoms with Crippen LogP contribution < -0.4 is 4.90 Å². The average Bonchev–Trinajstić information content (AvgIpc) is 4.16. The molecule has 0 N–H and O–H groups in total. The summed E-state index contributed by atoms with van der Waals surface area (Å²) < 4.78 is 2.72. The number of hydrogen-bond donors (Lipinski definition) is 0. The van der Waals surface area contributed by atoms with Gasteiger partial charge in [-0.3, -0.25) is 0 Å². The van der Waals surface area contributed by atoms with Crippen molar-refractivity contribution in [2.75, 3.05) is 4.90 Å². The fourth-order valence-electron chi connectivity index (χ4n) is 13.4. The summed E-state index contributed by atoms with van der Waals surface area (Å²) in [6.07, 6.45) is 5.34. The molecule has 1 heterocycles. The molecule has 14 rings (SSSR count). The molecule has 3 atom stereocenters. The Kier molecular flexibility index (Phi) is 7.68. The zero-order chi connectivity index (χ0) is 42.3. The summed E-state index contributed by atoms with van der Waals surface area (Å²) in [7, 11) is 0. The number of nitrogens with zero attached hydrogens (tertiary/aromatic N) is 1. The van der Waals surface area contributed by atoms with Gasteiger partial charge in [0, 0.05) is 48.1 Å². The molecule has 1 aromatic heterocycles. The molecule has 1 nitrogen and oxygen atoms in total. The summed E-state index contributed by atoms with van der Waals surface area (Å²) in [5, 5.41) is 5.30. The maximum atomic E-state index is 2.60. The lowest BCUT2D eigenvalue weighted by Gasteiger charge is -2.37. The second-order valence-electron chi connectivity index (χ2n) is 19.6. The van der Waals surface area contributed by atoms with Crippen LogP contribution in [-0.2, 0) is 10.8 Å². The monoisotopic (exact) mass is 837 g/mol. The van der Waals surface area contributed by atoms with Crippen molar-refractivity contribution < 1.29 is 0 Å². The van der Waals surface area contributed by atoms with Crippen LogP contribution in [0.4, 0.5) is 17.1 Å². The van der Waals surface area contributed by atoms with E-state index in [2.05, 4.69) is 207 Å². The Labute approximate surface area is 379 Å². The van der Waals surface area contributed by atoms with E-state index in [1.165, 1.54) is 129 Å². The maximum absolute atomic E-state index is 2.60. The molecule has 2 heteroatoms. The topological polar surface area (TPSA) is 3.24 Å². The zero-order valence-electron chi connectivity index (χ0n) is 36.2. The molecule has 4 aliphatic carbocycles. The van der Waals surface area contributed by atoms with Gasteiger partial charge in [0.25, 0.3) is 0 Å². The highest BCUT2D eigenvalue weighted by Crippen LogP contribution is 2.66. The van der Waals surface area contributed by atoms with Gasteiger partial charge in [-0.1, -0.05) is 172 Å². The van der Waals surface area contributed by atoms with E-state index >= 15 is 0 Å². The molecule has 2 saturated carbocycles. The summed E-state index contributed by atoms with van der Waals surface area (Å²) in [6.45, 7) is 4.79. The van der Waals surface area contributed by atoms with Gasteiger partial charge >= 0.3 is 0 Å². The predicted molar refractivity (Wildman–Crippen MR) is 272 cm³/mol. The molecule has 0 amide bonds. The zero-order valence-corrected chi connectivity index (χ0v) is 37.1. The molecule has 3 unspecified atom stereocenters. The smallest absolute Gasteiger partial charge is 0.0467 e. The van der Waals surface area contributed by atoms with Gasteiger partial charge in [-0.05, 0) is 145 Å². The number of benzene rings is 9. The van der Waals surface area contributed by atoms with E-state index in [1.54, 1.807) is 11.1 Å². The number of thiophene rings is 1. The molecule has 0 saturated heterocycles. The molecule has 1 spiro atoms. The van der Waals surface area contributed by atoms with Crippen LogP contribution in [0.2, 0.25) is 0 Å². The first-order valence-electron chi connectivity index (χ1n) is 23.3. The third-order valence-corrected chi connectivity index (χ3v) is 17.4. The molecule has 4 aliphatic rings. The van der Waals surface area contributed by atoms with Crippen LogP contribution in [0.1, 0.15) is 61.8 Å². The minimum atomic E-state index is -0.109. The third kappa shape index (κ3) is 5.01. The summed E-state index contributed by atoms with van der Waals surface area (Å²) in [4.78, 5) is 2.53. The van der Waals surface area contributed by atoms with Crippen LogP contribution in [0.15, 0.2) is 188 Å². The molecular weight excluding hydrogens is 791 g/mol. The minimum absolute atomic E-state index is 0.0989. The lowest BCUT2D eigenvalue weighted by molar-refractivity contribution is 0.327. The molecule has 2 bridgehead atoms. The van der Waals surface area contributed by atoms with Gasteiger partial charge in [0.15, 0.2) is 0 Å². The Bertz CT molecular complexity index is 3570. The van der Waals surface area contributed by atoms with Crippen LogP contribution in [0.25, 0.3) is 75.5 Å². The second-order valence-corrected chi connectivity index (χ2v) is 20.6. The van der Waals surface area contributed by atoms with Gasteiger partial charge in [0.2, 0.25) is 0 Å². The van der Waals surface area contributed by atoms with E-state index in [0.717, 1.165) is 5.92 Å². The van der Waals surface area contributed by atoms with Gasteiger partial charge in [-0.15, -0.1) is 11.3 Å². The van der Waals surface area contributed by atoms with E-state index in [1.807, 2.05) is 11.3 Å². The van der Waals surface area contributed by atoms with Crippen molar-refractivity contribution in [2.24, 2.45) is 11.8 Å². The first-order valence-corrected chi connectivity index (χ1v) is 24.1. The SMILES string of the molecule is CC1(C)c2ccccc2-c2cccc(-c3cccc(N(c4ccc(-c5cccc6c5sc5c7ccccc7ccc65)cc4)c4ccc5c(c4)C4(CC6CCC4C6)c4ccccc4-5)c3)c21. The Morgan fingerprint density at radius 2 is 1.11 bits per heavy atom. The van der Waals surface area contributed by atoms with Gasteiger partial charge in [0.1, 0.15) is 0 Å². The summed E-state index contributed by atoms with van der Waals surface area (Å²) in [6, 6.07) is 71.7. The lowest BCUT2D eigenvalue weighted by atomic mass is 9.67. The number of fused-ring (bicyclic) bond motifs is 16. The fourth-order valence-corrected chi connectivity index (χ4v) is 14.8. The van der Waals surface area contributed by atoms with Crippen molar-refractivity contribution in [3.8, 4) is 44.5 Å². The Morgan fingerprint density at radius 3 is 1.95 bits per heavy atom. The first-order chi connectivity index (χ1) is 31.5. The van der Waals surface area contributed by atoms with Crippen LogP contribution in [0.3, 0.4) is 0 Å². The van der Waals surface area contributed by atoms with Crippen LogP contribution in [0.5, 0.6) is 0 Å². The van der Waals surface area contributed by atoms with Gasteiger partial charge in [0.05, 0.1) is 0 Å². The lowest BCUT2D eigenvalue weighted by Crippen LogP contribution is -2.32. The minimum Gasteiger partial charge on any atom is -0.310 e. The van der Waals surface area contributed by atoms with E-state index < -0.39 is 0 Å². The average molecular weight is 838 g/mol. The van der Waals surface area contributed by atoms with Crippen molar-refractivity contribution in [3.63, 3.8) is 0 Å². The second kappa shape index (κ2) is 13.4. The highest BCUT2D eigenvalue weighted by Gasteiger charge is 2.56. The standard InChI is InChI=1S/C62H47NS/c1-61(2)55-22-7-5-17-50(55)52-20-10-18-46(58(52)61)41-13-9-14-44(35-41)63(45-31-33-51-49-16-6-8-23-56(49)62(57(51)36-45)37-38-24-28-42(62)34-38)43-29-25-40(26-30-43)48-19-11-21-53-54-32-27-39-12-3-4-15-47(39)60(54)64-59(48)53/h3-23,25-27,29-33,35-36,38,42H,24,28,34,37H2,1-2H3. The van der Waals surface area contributed by atoms with Crippen molar-refractivity contribution in [1.82, 2.24) is 0 Å². The van der Waals surface area contributed by atoms with Gasteiger partial charge in [-0.25, -0.2) is 0 Å². The third-order valence-electron chi connectivity index (χ3n) is 16.1. The van der Waals surface area contributed by atoms with E-state index in [-0.39, 0.29) is 10.8 Å². The number of rotatable bonds is 5. The van der Waals surface area contributed by atoms with Crippen molar-refractivity contribution in [2.45, 2.75) is 50.4 Å². The molecule has 64 heavy (non-hydrogen) atoms. The molecule has 10 aromatic rings. The highest BCUT2D eigenvalue weighted by molar-refractivity contribution is 7.27. The Morgan fingerprint density at radius 1 is 0.453 bits per heavy atom. The number of anilines is 3. The van der Waals surface area contributed by atoms with Crippen molar-refractivity contribution in [3.05, 3.63) is 210 Å². The molecule has 0 radical (unpaired) electrons. The highest BCUT2D eigenvalue weighted by atomic mass is 32.1. The fraction of sp³-hybridized carbons (Fsp3) is 0.161. The predicted octanol–water partition coefficient (Wildman–Crippen LogP) is 17.4. The molecule has 9 aromatic carbocycles. The van der Waals surface area contributed by atoms with Crippen molar-refractivity contribution >= 4 is 59.3 Å². The maximum Gasteiger partial charge on any atom is 0.0467 e. The van der Waals surface area contributed by atoms with E-state index in [4.69, 9.17) is 0 Å². The largest absolute Gasteiger partial charge is 0.310 e. The first kappa shape index (κ1) is 36.7. The van der Waals surface area contributed by atoms with Crippen LogP contribution >= 0.6 is 11.3 Å². The van der Waals surface area contributed by atoms with Crippen molar-refractivity contribution in [1.29, 1.82) is 0 Å². The molecule has 2 fully saturated rings. The molecule has 306 valence electrons. The summed E-state index contributed by atoms with van der Waals surface area (Å²) in [5.41, 5.74) is 20.2.